The van der Waals surface area contributed by atoms with Crippen LogP contribution in [-0.4, -0.2) is 45.2 Å². The molecule has 0 unspecified atom stereocenters. The maximum Gasteiger partial charge on any atom is 0.319 e. The molecule has 0 atom stereocenters. The summed E-state index contributed by atoms with van der Waals surface area (Å²) in [6, 6.07) is 4.86. The Balaban J connectivity index is 1.84. The summed E-state index contributed by atoms with van der Waals surface area (Å²) in [4.78, 5) is 36.5. The van der Waals surface area contributed by atoms with Crippen LogP contribution in [0.4, 0.5) is 16.2 Å². The molecule has 1 aromatic carbocycles. The van der Waals surface area contributed by atoms with Gasteiger partial charge in [-0.05, 0) is 31.4 Å². The summed E-state index contributed by atoms with van der Waals surface area (Å²) in [7, 11) is 2.89. The molecule has 1 saturated heterocycles. The zero-order valence-electron chi connectivity index (χ0n) is 15.2. The van der Waals surface area contributed by atoms with Crippen LogP contribution in [0.15, 0.2) is 18.2 Å². The molecule has 2 rings (SSSR count). The number of hydrogen-bond acceptors (Lipinski definition) is 5. The molecule has 0 spiro atoms. The number of esters is 1. The van der Waals surface area contributed by atoms with Crippen LogP contribution in [0.5, 0.6) is 5.75 Å². The molecule has 1 aromatic rings. The highest BCUT2D eigenvalue weighted by Crippen LogP contribution is 2.33. The molecule has 26 heavy (non-hydrogen) atoms. The van der Waals surface area contributed by atoms with Crippen LogP contribution >= 0.6 is 0 Å². The predicted octanol–water partition coefficient (Wildman–Crippen LogP) is 2.29. The van der Waals surface area contributed by atoms with E-state index in [-0.39, 0.29) is 17.9 Å². The first kappa shape index (κ1) is 19.6. The van der Waals surface area contributed by atoms with Crippen molar-refractivity contribution in [3.8, 4) is 5.75 Å². The Morgan fingerprint density at radius 1 is 1.23 bits per heavy atom. The third-order valence-corrected chi connectivity index (χ3v) is 4.12. The monoisotopic (exact) mass is 363 g/mol. The van der Waals surface area contributed by atoms with Gasteiger partial charge >= 0.3 is 12.0 Å². The molecule has 0 aromatic heterocycles. The van der Waals surface area contributed by atoms with Crippen molar-refractivity contribution < 1.29 is 23.9 Å². The number of anilines is 2. The Hall–Kier alpha value is -2.77. The van der Waals surface area contributed by atoms with Crippen molar-refractivity contribution in [3.63, 3.8) is 0 Å². The van der Waals surface area contributed by atoms with Gasteiger partial charge in [0.2, 0.25) is 5.91 Å². The van der Waals surface area contributed by atoms with Gasteiger partial charge in [-0.1, -0.05) is 0 Å². The van der Waals surface area contributed by atoms with Gasteiger partial charge < -0.3 is 25.0 Å². The molecule has 0 radical (unpaired) electrons. The standard InChI is InChI=1S/C18H25N3O5/c1-25-15-12-13(8-9-14(15)21-11-5-6-16(21)22)20-18(24)19-10-4-3-7-17(23)26-2/h8-9,12H,3-7,10-11H2,1-2H3,(H2,19,20,24). The first-order valence-electron chi connectivity index (χ1n) is 8.65. The molecular formula is C18H25N3O5. The average Bonchev–Trinajstić information content (AvgIpc) is 3.06. The van der Waals surface area contributed by atoms with E-state index in [4.69, 9.17) is 4.74 Å². The Morgan fingerprint density at radius 3 is 2.69 bits per heavy atom. The smallest absolute Gasteiger partial charge is 0.319 e. The lowest BCUT2D eigenvalue weighted by Gasteiger charge is -2.19. The van der Waals surface area contributed by atoms with Crippen molar-refractivity contribution in [2.75, 3.05) is 37.5 Å². The maximum absolute atomic E-state index is 11.9. The molecule has 0 aliphatic carbocycles. The zero-order chi connectivity index (χ0) is 18.9. The molecule has 1 fully saturated rings. The average molecular weight is 363 g/mol. The largest absolute Gasteiger partial charge is 0.494 e. The second-order valence-electron chi connectivity index (χ2n) is 5.95. The van der Waals surface area contributed by atoms with E-state index in [0.717, 1.165) is 6.42 Å². The molecule has 2 N–H and O–H groups in total. The number of amides is 3. The topological polar surface area (TPSA) is 97.0 Å². The van der Waals surface area contributed by atoms with E-state index in [9.17, 15) is 14.4 Å². The van der Waals surface area contributed by atoms with Gasteiger partial charge in [0.15, 0.2) is 0 Å². The number of nitrogens with zero attached hydrogens (tertiary/aromatic N) is 1. The summed E-state index contributed by atoms with van der Waals surface area (Å²) in [6.07, 6.45) is 3.05. The molecule has 1 aliphatic rings. The van der Waals surface area contributed by atoms with Gasteiger partial charge in [-0.3, -0.25) is 9.59 Å². The highest BCUT2D eigenvalue weighted by molar-refractivity contribution is 5.97. The minimum atomic E-state index is -0.338. The number of methoxy groups -OCH3 is 2. The van der Waals surface area contributed by atoms with Gasteiger partial charge in [-0.25, -0.2) is 4.79 Å². The van der Waals surface area contributed by atoms with Gasteiger partial charge in [-0.2, -0.15) is 0 Å². The van der Waals surface area contributed by atoms with Crippen LogP contribution in [0.1, 0.15) is 32.1 Å². The summed E-state index contributed by atoms with van der Waals surface area (Å²) in [6.45, 7) is 1.13. The van der Waals surface area contributed by atoms with Crippen molar-refractivity contribution in [2.45, 2.75) is 32.1 Å². The van der Waals surface area contributed by atoms with Gasteiger partial charge in [0.1, 0.15) is 5.75 Å². The van der Waals surface area contributed by atoms with Gasteiger partial charge in [0, 0.05) is 37.7 Å². The maximum atomic E-state index is 11.9. The SMILES string of the molecule is COC(=O)CCCCNC(=O)Nc1ccc(N2CCCC2=O)c(OC)c1. The molecule has 1 heterocycles. The Bertz CT molecular complexity index is 662. The van der Waals surface area contributed by atoms with E-state index in [2.05, 4.69) is 15.4 Å². The summed E-state index contributed by atoms with van der Waals surface area (Å²) in [5.41, 5.74) is 1.29. The number of hydrogen-bond donors (Lipinski definition) is 2. The van der Waals surface area contributed by atoms with Gasteiger partial charge in [0.05, 0.1) is 19.9 Å². The Kier molecular flexibility index (Phi) is 7.25. The number of carbonyl (C=O) groups excluding carboxylic acids is 3. The quantitative estimate of drug-likeness (QED) is 0.546. The van der Waals surface area contributed by atoms with Crippen LogP contribution in [-0.2, 0) is 14.3 Å². The summed E-state index contributed by atoms with van der Waals surface area (Å²) in [5, 5.41) is 5.46. The normalized spacial score (nSPS) is 13.5. The van der Waals surface area contributed by atoms with Crippen LogP contribution in [0.3, 0.4) is 0 Å². The highest BCUT2D eigenvalue weighted by atomic mass is 16.5. The van der Waals surface area contributed by atoms with Gasteiger partial charge in [0.25, 0.3) is 0 Å². The third kappa shape index (κ3) is 5.37. The van der Waals surface area contributed by atoms with Crippen LogP contribution < -0.4 is 20.3 Å². The van der Waals surface area contributed by atoms with E-state index >= 15 is 0 Å². The molecule has 0 bridgehead atoms. The van der Waals surface area contributed by atoms with E-state index in [0.29, 0.717) is 55.9 Å². The Labute approximate surface area is 152 Å². The first-order chi connectivity index (χ1) is 12.5. The molecular weight excluding hydrogens is 338 g/mol. The van der Waals surface area contributed by atoms with Crippen molar-refractivity contribution in [1.82, 2.24) is 5.32 Å². The number of carbonyl (C=O) groups is 3. The van der Waals surface area contributed by atoms with Crippen molar-refractivity contribution in [3.05, 3.63) is 18.2 Å². The fourth-order valence-electron chi connectivity index (χ4n) is 2.75. The van der Waals surface area contributed by atoms with E-state index < -0.39 is 0 Å². The van der Waals surface area contributed by atoms with E-state index in [1.165, 1.54) is 14.2 Å². The minimum absolute atomic E-state index is 0.0775. The molecule has 1 aliphatic heterocycles. The lowest BCUT2D eigenvalue weighted by Crippen LogP contribution is -2.29. The summed E-state index contributed by atoms with van der Waals surface area (Å²) in [5.74, 6) is 0.364. The predicted molar refractivity (Wildman–Crippen MR) is 97.5 cm³/mol. The van der Waals surface area contributed by atoms with Crippen LogP contribution in [0.25, 0.3) is 0 Å². The van der Waals surface area contributed by atoms with Crippen LogP contribution in [0.2, 0.25) is 0 Å². The zero-order valence-corrected chi connectivity index (χ0v) is 15.2. The number of unbranched alkanes of at least 4 members (excludes halogenated alkanes) is 1. The summed E-state index contributed by atoms with van der Waals surface area (Å²) >= 11 is 0. The number of urea groups is 1. The fraction of sp³-hybridized carbons (Fsp3) is 0.500. The number of benzene rings is 1. The minimum Gasteiger partial charge on any atom is -0.494 e. The highest BCUT2D eigenvalue weighted by Gasteiger charge is 2.24. The molecule has 142 valence electrons. The van der Waals surface area contributed by atoms with Crippen molar-refractivity contribution >= 4 is 29.3 Å². The lowest BCUT2D eigenvalue weighted by atomic mass is 10.2. The van der Waals surface area contributed by atoms with Crippen LogP contribution in [0, 0.1) is 0 Å². The molecule has 8 nitrogen and oxygen atoms in total. The first-order valence-corrected chi connectivity index (χ1v) is 8.65. The fourth-order valence-corrected chi connectivity index (χ4v) is 2.75. The van der Waals surface area contributed by atoms with Crippen molar-refractivity contribution in [1.29, 1.82) is 0 Å². The van der Waals surface area contributed by atoms with E-state index in [1.807, 2.05) is 0 Å². The Morgan fingerprint density at radius 2 is 2.04 bits per heavy atom. The van der Waals surface area contributed by atoms with Gasteiger partial charge in [-0.15, -0.1) is 0 Å². The number of ether oxygens (including phenoxy) is 2. The van der Waals surface area contributed by atoms with E-state index in [1.54, 1.807) is 23.1 Å². The summed E-state index contributed by atoms with van der Waals surface area (Å²) < 4.78 is 9.92. The number of rotatable bonds is 8. The second-order valence-corrected chi connectivity index (χ2v) is 5.95. The molecule has 3 amide bonds. The number of nitrogens with one attached hydrogen (secondary N) is 2. The molecule has 8 heteroatoms. The molecule has 0 saturated carbocycles. The lowest BCUT2D eigenvalue weighted by molar-refractivity contribution is -0.140. The third-order valence-electron chi connectivity index (χ3n) is 4.12. The van der Waals surface area contributed by atoms with Crippen molar-refractivity contribution in [2.24, 2.45) is 0 Å². The second kappa shape index (κ2) is 9.65.